The Labute approximate surface area is 300 Å². The van der Waals surface area contributed by atoms with Crippen molar-refractivity contribution < 1.29 is 4.74 Å². The molecule has 0 heterocycles. The Morgan fingerprint density at radius 1 is 0.531 bits per heavy atom. The first kappa shape index (κ1) is 36.7. The molecule has 268 valence electrons. The average Bonchev–Trinajstić information content (AvgIpc) is 3.17. The van der Waals surface area contributed by atoms with Gasteiger partial charge in [0, 0.05) is 11.8 Å². The van der Waals surface area contributed by atoms with Gasteiger partial charge in [-0.1, -0.05) is 152 Å². The van der Waals surface area contributed by atoms with Crippen LogP contribution in [0.3, 0.4) is 0 Å². The molecule has 4 saturated carbocycles. The van der Waals surface area contributed by atoms with Crippen molar-refractivity contribution in [2.75, 3.05) is 13.2 Å². The maximum atomic E-state index is 10.8. The summed E-state index contributed by atoms with van der Waals surface area (Å²) in [6.45, 7) is 5.95. The van der Waals surface area contributed by atoms with Crippen molar-refractivity contribution in [1.82, 2.24) is 0 Å². The molecule has 0 radical (unpaired) electrons. The predicted octanol–water partition coefficient (Wildman–Crippen LogP) is 12.6. The van der Waals surface area contributed by atoms with E-state index in [4.69, 9.17) is 4.74 Å². The summed E-state index contributed by atoms with van der Waals surface area (Å²) in [5, 5.41) is 21.7. The Kier molecular flexibility index (Phi) is 12.3. The number of ether oxygens (including phenoxy) is 1. The number of allylic oxidation sites excluding steroid dienone is 4. The summed E-state index contributed by atoms with van der Waals surface area (Å²) >= 11 is 0. The van der Waals surface area contributed by atoms with E-state index in [0.717, 1.165) is 11.8 Å². The Morgan fingerprint density at radius 3 is 1.18 bits per heavy atom. The molecule has 0 bridgehead atoms. The molecular weight excluding hydrogens is 597 g/mol. The second-order valence-electron chi connectivity index (χ2n) is 17.7. The minimum atomic E-state index is -0.480. The third-order valence-corrected chi connectivity index (χ3v) is 15.2. The minimum Gasteiger partial charge on any atom is -0.380 e. The fourth-order valence-electron chi connectivity index (χ4n) is 12.4. The third kappa shape index (κ3) is 7.32. The lowest BCUT2D eigenvalue weighted by Gasteiger charge is -2.54. The number of hydrogen-bond donors (Lipinski definition) is 0. The van der Waals surface area contributed by atoms with Crippen molar-refractivity contribution >= 4 is 0 Å². The highest BCUT2D eigenvalue weighted by atomic mass is 16.5. The highest BCUT2D eigenvalue weighted by molar-refractivity contribution is 5.36. The molecule has 4 fully saturated rings. The first-order valence-corrected chi connectivity index (χ1v) is 21.2. The summed E-state index contributed by atoms with van der Waals surface area (Å²) in [6, 6.07) is 5.81. The maximum absolute atomic E-state index is 10.8. The van der Waals surface area contributed by atoms with Gasteiger partial charge in [-0.2, -0.15) is 10.5 Å². The molecule has 49 heavy (non-hydrogen) atoms. The third-order valence-electron chi connectivity index (χ3n) is 15.2. The zero-order chi connectivity index (χ0) is 34.2. The van der Waals surface area contributed by atoms with Crippen molar-refractivity contribution in [3.05, 3.63) is 48.6 Å². The van der Waals surface area contributed by atoms with Gasteiger partial charge < -0.3 is 4.74 Å². The minimum absolute atomic E-state index is 0.0888. The molecule has 0 spiro atoms. The molecule has 6 rings (SSSR count). The van der Waals surface area contributed by atoms with Gasteiger partial charge in [0.2, 0.25) is 0 Å². The van der Waals surface area contributed by atoms with Gasteiger partial charge >= 0.3 is 0 Å². The van der Waals surface area contributed by atoms with E-state index in [1.165, 1.54) is 141 Å². The van der Waals surface area contributed by atoms with E-state index in [1.807, 2.05) is 0 Å². The number of nitriles is 2. The lowest BCUT2D eigenvalue weighted by Crippen LogP contribution is -2.48. The van der Waals surface area contributed by atoms with E-state index in [1.54, 1.807) is 0 Å². The Hall–Kier alpha value is -2.10. The van der Waals surface area contributed by atoms with E-state index in [2.05, 4.69) is 74.6 Å². The van der Waals surface area contributed by atoms with Crippen LogP contribution in [0.2, 0.25) is 0 Å². The summed E-state index contributed by atoms with van der Waals surface area (Å²) < 4.78 is 6.39. The molecule has 3 nitrogen and oxygen atoms in total. The quantitative estimate of drug-likeness (QED) is 0.195. The largest absolute Gasteiger partial charge is 0.380 e. The van der Waals surface area contributed by atoms with Gasteiger partial charge in [-0.05, 0) is 85.9 Å². The van der Waals surface area contributed by atoms with Gasteiger partial charge in [-0.3, -0.25) is 0 Å². The van der Waals surface area contributed by atoms with Crippen molar-refractivity contribution in [3.8, 4) is 12.1 Å². The van der Waals surface area contributed by atoms with Crippen LogP contribution in [0.5, 0.6) is 0 Å². The molecule has 0 saturated heterocycles. The summed E-state index contributed by atoms with van der Waals surface area (Å²) in [7, 11) is 0. The van der Waals surface area contributed by atoms with Crippen LogP contribution in [-0.4, -0.2) is 13.2 Å². The molecule has 0 amide bonds. The van der Waals surface area contributed by atoms with Crippen LogP contribution in [-0.2, 0) is 4.74 Å². The summed E-state index contributed by atoms with van der Waals surface area (Å²) in [4.78, 5) is 0. The van der Waals surface area contributed by atoms with Crippen LogP contribution in [0, 0.1) is 79.8 Å². The molecule has 3 heteroatoms. The lowest BCUT2D eigenvalue weighted by atomic mass is 9.48. The van der Waals surface area contributed by atoms with E-state index in [9.17, 15) is 10.5 Å². The lowest BCUT2D eigenvalue weighted by molar-refractivity contribution is 0.000270. The predicted molar refractivity (Wildman–Crippen MR) is 202 cm³/mol. The molecule has 0 aliphatic heterocycles. The molecule has 0 aromatic heterocycles. The summed E-state index contributed by atoms with van der Waals surface area (Å²) in [6.07, 6.45) is 46.9. The topological polar surface area (TPSA) is 56.8 Å². The normalized spacial score (nSPS) is 38.4. The van der Waals surface area contributed by atoms with Crippen LogP contribution in [0.1, 0.15) is 155 Å². The van der Waals surface area contributed by atoms with Gasteiger partial charge in [-0.15, -0.1) is 0 Å². The molecule has 6 aliphatic carbocycles. The molecule has 0 aromatic carbocycles. The zero-order valence-corrected chi connectivity index (χ0v) is 31.4. The fourth-order valence-corrected chi connectivity index (χ4v) is 12.4. The molecular formula is C46H68N2O. The van der Waals surface area contributed by atoms with Gasteiger partial charge in [0.15, 0.2) is 0 Å². The summed E-state index contributed by atoms with van der Waals surface area (Å²) in [5.74, 6) is 3.55. The van der Waals surface area contributed by atoms with Gasteiger partial charge in [0.05, 0.1) is 36.2 Å². The standard InChI is InChI=1S/C46H68N2O/c1-3-11-37-13-17-41(18-14-37)45(25-7-5-8-26-45)43(35-47)29-21-39(22-30-43)33-49-34-40-23-31-44(36-48,32-24-40)46(27-9-6-10-28-46)42-19-15-38(12-4-2)16-20-42/h21-24,29-32,37-42H,3-20,25-28,33-34H2,1-2H3/t37-,38-,39-,40-,41-,42-,43+,44+. The molecule has 0 N–H and O–H groups in total. The van der Waals surface area contributed by atoms with Crippen molar-refractivity contribution in [2.24, 2.45) is 57.2 Å². The van der Waals surface area contributed by atoms with Crippen molar-refractivity contribution in [2.45, 2.75) is 155 Å². The maximum Gasteiger partial charge on any atom is 0.0992 e. The van der Waals surface area contributed by atoms with Crippen molar-refractivity contribution in [3.63, 3.8) is 0 Å². The summed E-state index contributed by atoms with van der Waals surface area (Å²) in [5.41, 5.74) is -0.783. The second kappa shape index (κ2) is 16.5. The smallest absolute Gasteiger partial charge is 0.0992 e. The van der Waals surface area contributed by atoms with E-state index < -0.39 is 10.8 Å². The van der Waals surface area contributed by atoms with Gasteiger partial charge in [0.25, 0.3) is 0 Å². The SMILES string of the molecule is CCC[C@H]1CC[C@H](C2([C@]3(C#N)C=C[C@H](COC[C@H]4C=C[C@@](C#N)(C5([C@H]6CC[C@H](CCC)CC6)CCCCC5)C=C4)C=C3)CCCCC2)CC1. The second-order valence-corrected chi connectivity index (χ2v) is 17.7. The number of nitrogens with zero attached hydrogens (tertiary/aromatic N) is 2. The zero-order valence-electron chi connectivity index (χ0n) is 31.4. The van der Waals surface area contributed by atoms with Crippen molar-refractivity contribution in [1.29, 1.82) is 10.5 Å². The van der Waals surface area contributed by atoms with E-state index in [-0.39, 0.29) is 22.7 Å². The Balaban J connectivity index is 1.06. The monoisotopic (exact) mass is 665 g/mol. The highest BCUT2D eigenvalue weighted by Crippen LogP contribution is 2.62. The Bertz CT molecular complexity index is 1130. The van der Waals surface area contributed by atoms with Crippen LogP contribution in [0.4, 0.5) is 0 Å². The highest BCUT2D eigenvalue weighted by Gasteiger charge is 2.56. The molecule has 0 unspecified atom stereocenters. The van der Waals surface area contributed by atoms with E-state index >= 15 is 0 Å². The Morgan fingerprint density at radius 2 is 0.878 bits per heavy atom. The van der Waals surface area contributed by atoms with Gasteiger partial charge in [0.1, 0.15) is 0 Å². The van der Waals surface area contributed by atoms with Crippen LogP contribution in [0.25, 0.3) is 0 Å². The van der Waals surface area contributed by atoms with Crippen LogP contribution >= 0.6 is 0 Å². The van der Waals surface area contributed by atoms with Crippen LogP contribution in [0.15, 0.2) is 48.6 Å². The molecule has 0 atom stereocenters. The molecule has 6 aliphatic rings. The average molecular weight is 665 g/mol. The fraction of sp³-hybridized carbons (Fsp3) is 0.783. The van der Waals surface area contributed by atoms with Crippen LogP contribution < -0.4 is 0 Å². The molecule has 0 aromatic rings. The first-order valence-electron chi connectivity index (χ1n) is 21.2. The first-order chi connectivity index (χ1) is 24.0. The number of hydrogen-bond acceptors (Lipinski definition) is 3. The number of rotatable bonds is 12. The van der Waals surface area contributed by atoms with Gasteiger partial charge in [-0.25, -0.2) is 0 Å². The van der Waals surface area contributed by atoms with E-state index in [0.29, 0.717) is 25.0 Å².